The molecular weight excluding hydrogens is 328 g/mol. The molecule has 1 aliphatic heterocycles. The van der Waals surface area contributed by atoms with Gasteiger partial charge in [-0.05, 0) is 43.7 Å². The Balaban J connectivity index is 2.12. The van der Waals surface area contributed by atoms with E-state index in [0.29, 0.717) is 9.74 Å². The Labute approximate surface area is 126 Å². The minimum absolute atomic E-state index is 0.329. The van der Waals surface area contributed by atoms with Gasteiger partial charge in [-0.25, -0.2) is 0 Å². The first-order chi connectivity index (χ1) is 8.50. The molecule has 0 radical (unpaired) electrons. The first-order valence-corrected chi connectivity index (χ1v) is 8.16. The Morgan fingerprint density at radius 2 is 2.39 bits per heavy atom. The van der Waals surface area contributed by atoms with Crippen LogP contribution in [0.3, 0.4) is 0 Å². The van der Waals surface area contributed by atoms with E-state index in [4.69, 9.17) is 18.0 Å². The van der Waals surface area contributed by atoms with Crippen molar-refractivity contribution in [2.24, 2.45) is 5.73 Å². The van der Waals surface area contributed by atoms with E-state index in [1.54, 1.807) is 0 Å². The molecule has 98 valence electrons. The van der Waals surface area contributed by atoms with Gasteiger partial charge in [-0.3, -0.25) is 0 Å². The quantitative estimate of drug-likeness (QED) is 0.815. The lowest BCUT2D eigenvalue weighted by Gasteiger charge is -2.24. The molecule has 1 aromatic carbocycles. The second kappa shape index (κ2) is 5.80. The van der Waals surface area contributed by atoms with Crippen molar-refractivity contribution >= 4 is 50.6 Å². The summed E-state index contributed by atoms with van der Waals surface area (Å²) in [5.74, 6) is 1.26. The molecule has 0 aliphatic carbocycles. The molecule has 1 aliphatic rings. The van der Waals surface area contributed by atoms with Gasteiger partial charge in [-0.2, -0.15) is 11.8 Å². The van der Waals surface area contributed by atoms with Crippen LogP contribution in [0.1, 0.15) is 25.3 Å². The number of rotatable bonds is 4. The van der Waals surface area contributed by atoms with Crippen LogP contribution >= 0.6 is 39.9 Å². The molecule has 0 aromatic heterocycles. The molecule has 0 saturated carbocycles. The molecule has 0 bridgehead atoms. The van der Waals surface area contributed by atoms with E-state index in [1.165, 1.54) is 18.6 Å². The summed E-state index contributed by atoms with van der Waals surface area (Å²) in [5.41, 5.74) is 7.69. The van der Waals surface area contributed by atoms with Crippen molar-refractivity contribution in [3.8, 4) is 0 Å². The number of halogens is 1. The summed E-state index contributed by atoms with van der Waals surface area (Å²) in [6.45, 7) is 3.26. The van der Waals surface area contributed by atoms with Crippen LogP contribution < -0.4 is 11.1 Å². The monoisotopic (exact) mass is 344 g/mol. The zero-order valence-corrected chi connectivity index (χ0v) is 13.6. The lowest BCUT2D eigenvalue weighted by atomic mass is 10.1. The molecule has 1 atom stereocenters. The van der Waals surface area contributed by atoms with Crippen LogP contribution in [0, 0.1) is 0 Å². The maximum Gasteiger partial charge on any atom is 0.106 e. The van der Waals surface area contributed by atoms with E-state index in [2.05, 4.69) is 28.2 Å². The second-order valence-corrected chi connectivity index (χ2v) is 7.85. The SMILES string of the molecule is CC1(CNc2cc(Br)ccc2C(N)=S)CCCS1. The summed E-state index contributed by atoms with van der Waals surface area (Å²) in [6.07, 6.45) is 2.57. The minimum Gasteiger partial charge on any atom is -0.389 e. The van der Waals surface area contributed by atoms with Crippen LogP contribution in [-0.2, 0) is 0 Å². The van der Waals surface area contributed by atoms with Gasteiger partial charge in [0.25, 0.3) is 0 Å². The molecule has 1 unspecified atom stereocenters. The average Bonchev–Trinajstić information content (AvgIpc) is 2.74. The Bertz CT molecular complexity index is 456. The maximum absolute atomic E-state index is 5.75. The van der Waals surface area contributed by atoms with Crippen LogP contribution in [0.15, 0.2) is 22.7 Å². The van der Waals surface area contributed by atoms with Crippen LogP contribution in [0.4, 0.5) is 5.69 Å². The van der Waals surface area contributed by atoms with Crippen molar-refractivity contribution < 1.29 is 0 Å². The highest BCUT2D eigenvalue weighted by molar-refractivity contribution is 9.10. The largest absolute Gasteiger partial charge is 0.389 e. The van der Waals surface area contributed by atoms with E-state index in [0.717, 1.165) is 22.3 Å². The summed E-state index contributed by atoms with van der Waals surface area (Å²) < 4.78 is 1.37. The van der Waals surface area contributed by atoms with Gasteiger partial charge in [-0.1, -0.05) is 28.1 Å². The van der Waals surface area contributed by atoms with Crippen molar-refractivity contribution in [3.63, 3.8) is 0 Å². The number of anilines is 1. The molecule has 2 rings (SSSR count). The van der Waals surface area contributed by atoms with Crippen molar-refractivity contribution in [2.75, 3.05) is 17.6 Å². The van der Waals surface area contributed by atoms with E-state index in [9.17, 15) is 0 Å². The summed E-state index contributed by atoms with van der Waals surface area (Å²) in [6, 6.07) is 5.96. The highest BCUT2D eigenvalue weighted by Crippen LogP contribution is 2.38. The summed E-state index contributed by atoms with van der Waals surface area (Å²) >= 11 is 10.6. The number of benzene rings is 1. The van der Waals surface area contributed by atoms with Crippen molar-refractivity contribution in [1.29, 1.82) is 0 Å². The lowest BCUT2D eigenvalue weighted by Crippen LogP contribution is -2.28. The summed E-state index contributed by atoms with van der Waals surface area (Å²) in [4.78, 5) is 0.439. The summed E-state index contributed by atoms with van der Waals surface area (Å²) in [7, 11) is 0. The third-order valence-corrected chi connectivity index (χ3v) is 5.45. The van der Waals surface area contributed by atoms with Gasteiger partial charge in [0.1, 0.15) is 4.99 Å². The van der Waals surface area contributed by atoms with Crippen LogP contribution in [-0.4, -0.2) is 22.0 Å². The van der Waals surface area contributed by atoms with E-state index in [-0.39, 0.29) is 0 Å². The average molecular weight is 345 g/mol. The minimum atomic E-state index is 0.329. The molecule has 2 nitrogen and oxygen atoms in total. The van der Waals surface area contributed by atoms with Gasteiger partial charge in [-0.15, -0.1) is 0 Å². The summed E-state index contributed by atoms with van der Waals surface area (Å²) in [5, 5.41) is 3.50. The van der Waals surface area contributed by atoms with Gasteiger partial charge in [0.05, 0.1) is 0 Å². The second-order valence-electron chi connectivity index (χ2n) is 4.81. The van der Waals surface area contributed by atoms with Crippen LogP contribution in [0.5, 0.6) is 0 Å². The van der Waals surface area contributed by atoms with Gasteiger partial charge < -0.3 is 11.1 Å². The standard InChI is InChI=1S/C13H17BrN2S2/c1-13(5-2-6-18-13)8-16-11-7-9(14)3-4-10(11)12(15)17/h3-4,7,16H,2,5-6,8H2,1H3,(H2,15,17). The molecule has 18 heavy (non-hydrogen) atoms. The predicted molar refractivity (Wildman–Crippen MR) is 88.6 cm³/mol. The van der Waals surface area contributed by atoms with Crippen LogP contribution in [0.2, 0.25) is 0 Å². The lowest BCUT2D eigenvalue weighted by molar-refractivity contribution is 0.635. The number of thioether (sulfide) groups is 1. The molecule has 1 saturated heterocycles. The zero-order valence-electron chi connectivity index (χ0n) is 10.3. The zero-order chi connectivity index (χ0) is 13.2. The first kappa shape index (κ1) is 14.2. The fourth-order valence-electron chi connectivity index (χ4n) is 2.14. The Hall–Kier alpha value is -0.260. The maximum atomic E-state index is 5.75. The smallest absolute Gasteiger partial charge is 0.106 e. The van der Waals surface area contributed by atoms with Gasteiger partial charge >= 0.3 is 0 Å². The highest BCUT2D eigenvalue weighted by atomic mass is 79.9. The predicted octanol–water partition coefficient (Wildman–Crippen LogP) is 3.78. The molecular formula is C13H17BrN2S2. The van der Waals surface area contributed by atoms with E-state index < -0.39 is 0 Å². The molecule has 5 heteroatoms. The van der Waals surface area contributed by atoms with E-state index in [1.807, 2.05) is 30.0 Å². The normalized spacial score (nSPS) is 23.0. The molecule has 1 heterocycles. The fourth-order valence-corrected chi connectivity index (χ4v) is 3.92. The topological polar surface area (TPSA) is 38.0 Å². The van der Waals surface area contributed by atoms with Crippen molar-refractivity contribution in [1.82, 2.24) is 0 Å². The number of thiocarbonyl (C=S) groups is 1. The van der Waals surface area contributed by atoms with Crippen LogP contribution in [0.25, 0.3) is 0 Å². The molecule has 1 aromatic rings. The number of nitrogens with two attached hydrogens (primary N) is 1. The highest BCUT2D eigenvalue weighted by Gasteiger charge is 2.29. The van der Waals surface area contributed by atoms with E-state index >= 15 is 0 Å². The molecule has 3 N–H and O–H groups in total. The molecule has 0 spiro atoms. The number of nitrogens with one attached hydrogen (secondary N) is 1. The molecule has 0 amide bonds. The van der Waals surface area contributed by atoms with Gasteiger partial charge in [0.2, 0.25) is 0 Å². The molecule has 1 fully saturated rings. The third-order valence-electron chi connectivity index (χ3n) is 3.20. The third kappa shape index (κ3) is 3.39. The van der Waals surface area contributed by atoms with Gasteiger partial charge in [0.15, 0.2) is 0 Å². The number of hydrogen-bond donors (Lipinski definition) is 2. The Morgan fingerprint density at radius 1 is 1.61 bits per heavy atom. The Kier molecular flexibility index (Phi) is 4.56. The Morgan fingerprint density at radius 3 is 3.00 bits per heavy atom. The fraction of sp³-hybridized carbons (Fsp3) is 0.462. The van der Waals surface area contributed by atoms with Crippen molar-refractivity contribution in [3.05, 3.63) is 28.2 Å². The first-order valence-electron chi connectivity index (χ1n) is 5.97. The van der Waals surface area contributed by atoms with Gasteiger partial charge in [0, 0.05) is 27.0 Å². The number of hydrogen-bond acceptors (Lipinski definition) is 3. The van der Waals surface area contributed by atoms with Crippen molar-refractivity contribution in [2.45, 2.75) is 24.5 Å².